The summed E-state index contributed by atoms with van der Waals surface area (Å²) in [7, 11) is 0. The van der Waals surface area contributed by atoms with E-state index in [1.54, 1.807) is 12.4 Å². The normalized spacial score (nSPS) is 19.7. The van der Waals surface area contributed by atoms with Gasteiger partial charge in [-0.25, -0.2) is 4.39 Å². The topological polar surface area (TPSA) is 29.0 Å². The van der Waals surface area contributed by atoms with E-state index < -0.39 is 0 Å². The maximum Gasteiger partial charge on any atom is 0.123 e. The van der Waals surface area contributed by atoms with Crippen molar-refractivity contribution in [2.75, 3.05) is 6.54 Å². The maximum absolute atomic E-state index is 12.9. The maximum atomic E-state index is 12.9. The number of aromatic nitrogens is 2. The number of rotatable bonds is 3. The van der Waals surface area contributed by atoms with Crippen LogP contribution >= 0.6 is 0 Å². The van der Waals surface area contributed by atoms with E-state index in [1.807, 2.05) is 18.3 Å². The van der Waals surface area contributed by atoms with Crippen molar-refractivity contribution >= 4 is 0 Å². The molecule has 0 spiro atoms. The van der Waals surface area contributed by atoms with Crippen molar-refractivity contribution in [3.8, 4) is 0 Å². The fraction of sp³-hybridized carbons (Fsp3) is 0.333. The fourth-order valence-corrected chi connectivity index (χ4v) is 2.66. The molecule has 0 radical (unpaired) electrons. The Balaban J connectivity index is 1.75. The molecule has 1 fully saturated rings. The van der Waals surface area contributed by atoms with Crippen LogP contribution < -0.4 is 0 Å². The predicted octanol–water partition coefficient (Wildman–Crippen LogP) is 2.95. The third kappa shape index (κ3) is 2.79. The van der Waals surface area contributed by atoms with E-state index >= 15 is 0 Å². The molecule has 98 valence electrons. The lowest BCUT2D eigenvalue weighted by Gasteiger charge is -2.23. The van der Waals surface area contributed by atoms with Crippen molar-refractivity contribution in [3.05, 3.63) is 59.9 Å². The van der Waals surface area contributed by atoms with Crippen molar-refractivity contribution < 1.29 is 4.39 Å². The van der Waals surface area contributed by atoms with Crippen molar-refractivity contribution in [1.82, 2.24) is 14.9 Å². The summed E-state index contributed by atoms with van der Waals surface area (Å²) >= 11 is 0. The standard InChI is InChI=1S/C15H16FN3/c16-13-5-3-12(4-6-13)11-19-9-1-2-15(19)14-10-17-7-8-18-14/h3-8,10,15H,1-2,9,11H2. The third-order valence-corrected chi connectivity index (χ3v) is 3.59. The van der Waals surface area contributed by atoms with Gasteiger partial charge in [-0.3, -0.25) is 14.9 Å². The van der Waals surface area contributed by atoms with Crippen LogP contribution in [-0.4, -0.2) is 21.4 Å². The summed E-state index contributed by atoms with van der Waals surface area (Å²) in [6.45, 7) is 1.89. The Bertz CT molecular complexity index is 527. The Kier molecular flexibility index (Phi) is 3.51. The van der Waals surface area contributed by atoms with Gasteiger partial charge in [0.15, 0.2) is 0 Å². The predicted molar refractivity (Wildman–Crippen MR) is 70.8 cm³/mol. The van der Waals surface area contributed by atoms with Crippen LogP contribution in [0.1, 0.15) is 30.1 Å². The molecule has 0 saturated carbocycles. The van der Waals surface area contributed by atoms with Crippen molar-refractivity contribution in [2.45, 2.75) is 25.4 Å². The molecule has 0 N–H and O–H groups in total. The third-order valence-electron chi connectivity index (χ3n) is 3.59. The molecule has 2 aromatic rings. The molecule has 3 nitrogen and oxygen atoms in total. The molecule has 0 aliphatic carbocycles. The van der Waals surface area contributed by atoms with Gasteiger partial charge >= 0.3 is 0 Å². The fourth-order valence-electron chi connectivity index (χ4n) is 2.66. The Hall–Kier alpha value is -1.81. The molecule has 19 heavy (non-hydrogen) atoms. The van der Waals surface area contributed by atoms with Gasteiger partial charge in [-0.05, 0) is 37.1 Å². The van der Waals surface area contributed by atoms with Gasteiger partial charge in [0.1, 0.15) is 5.82 Å². The smallest absolute Gasteiger partial charge is 0.123 e. The molecular weight excluding hydrogens is 241 g/mol. The van der Waals surface area contributed by atoms with Crippen LogP contribution in [0.15, 0.2) is 42.9 Å². The molecule has 0 amide bonds. The Morgan fingerprint density at radius 3 is 2.79 bits per heavy atom. The first-order chi connectivity index (χ1) is 9.33. The van der Waals surface area contributed by atoms with E-state index in [0.717, 1.165) is 30.8 Å². The number of likely N-dealkylation sites (tertiary alicyclic amines) is 1. The minimum Gasteiger partial charge on any atom is -0.290 e. The van der Waals surface area contributed by atoms with Crippen LogP contribution in [0, 0.1) is 5.82 Å². The van der Waals surface area contributed by atoms with Crippen molar-refractivity contribution in [2.24, 2.45) is 0 Å². The second kappa shape index (κ2) is 5.45. The lowest BCUT2D eigenvalue weighted by molar-refractivity contribution is 0.244. The van der Waals surface area contributed by atoms with Gasteiger partial charge in [-0.1, -0.05) is 12.1 Å². The van der Waals surface area contributed by atoms with E-state index in [0.29, 0.717) is 6.04 Å². The lowest BCUT2D eigenvalue weighted by Crippen LogP contribution is -2.23. The average molecular weight is 257 g/mol. The van der Waals surface area contributed by atoms with E-state index in [2.05, 4.69) is 14.9 Å². The van der Waals surface area contributed by atoms with Gasteiger partial charge < -0.3 is 0 Å². The molecule has 3 rings (SSSR count). The molecule has 1 unspecified atom stereocenters. The largest absolute Gasteiger partial charge is 0.290 e. The summed E-state index contributed by atoms with van der Waals surface area (Å²) in [4.78, 5) is 10.9. The van der Waals surface area contributed by atoms with Crippen LogP contribution in [0.4, 0.5) is 4.39 Å². The number of hydrogen-bond donors (Lipinski definition) is 0. The summed E-state index contributed by atoms with van der Waals surface area (Å²) in [6, 6.07) is 7.06. The van der Waals surface area contributed by atoms with Crippen LogP contribution in [0.3, 0.4) is 0 Å². The van der Waals surface area contributed by atoms with E-state index in [4.69, 9.17) is 0 Å². The quantitative estimate of drug-likeness (QED) is 0.846. The molecule has 1 aromatic heterocycles. The summed E-state index contributed by atoms with van der Waals surface area (Å²) in [5, 5.41) is 0. The van der Waals surface area contributed by atoms with Crippen molar-refractivity contribution in [3.63, 3.8) is 0 Å². The Morgan fingerprint density at radius 2 is 2.05 bits per heavy atom. The monoisotopic (exact) mass is 257 g/mol. The number of nitrogens with zero attached hydrogens (tertiary/aromatic N) is 3. The van der Waals surface area contributed by atoms with Gasteiger partial charge in [0, 0.05) is 25.1 Å². The van der Waals surface area contributed by atoms with Gasteiger partial charge in [0.2, 0.25) is 0 Å². The first-order valence-electron chi connectivity index (χ1n) is 6.57. The highest BCUT2D eigenvalue weighted by molar-refractivity contribution is 5.17. The number of halogens is 1. The minimum absolute atomic E-state index is 0.185. The second-order valence-corrected chi connectivity index (χ2v) is 4.89. The van der Waals surface area contributed by atoms with Crippen molar-refractivity contribution in [1.29, 1.82) is 0 Å². The molecule has 0 bridgehead atoms. The molecular formula is C15H16FN3. The lowest BCUT2D eigenvalue weighted by atomic mass is 10.1. The first-order valence-corrected chi connectivity index (χ1v) is 6.57. The molecule has 1 aromatic carbocycles. The average Bonchev–Trinajstić information content (AvgIpc) is 2.90. The molecule has 1 atom stereocenters. The highest BCUT2D eigenvalue weighted by Gasteiger charge is 2.26. The highest BCUT2D eigenvalue weighted by Crippen LogP contribution is 2.31. The van der Waals surface area contributed by atoms with E-state index in [9.17, 15) is 4.39 Å². The Labute approximate surface area is 112 Å². The molecule has 1 aliphatic heterocycles. The minimum atomic E-state index is -0.185. The summed E-state index contributed by atoms with van der Waals surface area (Å²) < 4.78 is 12.9. The highest BCUT2D eigenvalue weighted by atomic mass is 19.1. The Morgan fingerprint density at radius 1 is 1.21 bits per heavy atom. The summed E-state index contributed by atoms with van der Waals surface area (Å²) in [5.74, 6) is -0.185. The van der Waals surface area contributed by atoms with Crippen LogP contribution in [-0.2, 0) is 6.54 Å². The summed E-state index contributed by atoms with van der Waals surface area (Å²) in [6.07, 6.45) is 7.56. The van der Waals surface area contributed by atoms with E-state index in [-0.39, 0.29) is 5.82 Å². The molecule has 4 heteroatoms. The molecule has 1 saturated heterocycles. The van der Waals surface area contributed by atoms with Gasteiger partial charge in [-0.15, -0.1) is 0 Å². The SMILES string of the molecule is Fc1ccc(CN2CCCC2c2cnccn2)cc1. The van der Waals surface area contributed by atoms with Crippen LogP contribution in [0.2, 0.25) is 0 Å². The van der Waals surface area contributed by atoms with Gasteiger partial charge in [0.25, 0.3) is 0 Å². The zero-order valence-corrected chi connectivity index (χ0v) is 10.7. The number of hydrogen-bond acceptors (Lipinski definition) is 3. The second-order valence-electron chi connectivity index (χ2n) is 4.89. The molecule has 1 aliphatic rings. The zero-order valence-electron chi connectivity index (χ0n) is 10.7. The zero-order chi connectivity index (χ0) is 13.1. The van der Waals surface area contributed by atoms with Crippen LogP contribution in [0.25, 0.3) is 0 Å². The first kappa shape index (κ1) is 12.2. The molecule has 2 heterocycles. The van der Waals surface area contributed by atoms with Gasteiger partial charge in [0.05, 0.1) is 11.7 Å². The van der Waals surface area contributed by atoms with Gasteiger partial charge in [-0.2, -0.15) is 0 Å². The number of benzene rings is 1. The van der Waals surface area contributed by atoms with E-state index in [1.165, 1.54) is 18.6 Å². The summed E-state index contributed by atoms with van der Waals surface area (Å²) in [5.41, 5.74) is 2.17. The van der Waals surface area contributed by atoms with Crippen LogP contribution in [0.5, 0.6) is 0 Å².